The molecule has 0 aromatic heterocycles. The second-order valence-corrected chi connectivity index (χ2v) is 6.00. The van der Waals surface area contributed by atoms with Crippen LogP contribution in [-0.2, 0) is 6.54 Å². The number of phenols is 1. The minimum atomic E-state index is 0.416. The van der Waals surface area contributed by atoms with E-state index in [-0.39, 0.29) is 0 Å². The fourth-order valence-electron chi connectivity index (χ4n) is 3.40. The Morgan fingerprint density at radius 2 is 1.95 bits per heavy atom. The Bertz CT molecular complexity index is 626. The molecular weight excluding hydrogens is 260 g/mol. The lowest BCUT2D eigenvalue weighted by atomic mass is 10.0. The Morgan fingerprint density at radius 3 is 2.71 bits per heavy atom. The van der Waals surface area contributed by atoms with Crippen LogP contribution in [0.2, 0.25) is 0 Å². The van der Waals surface area contributed by atoms with Crippen LogP contribution in [0.4, 0.5) is 0 Å². The molecule has 0 amide bonds. The predicted molar refractivity (Wildman–Crippen MR) is 87.6 cm³/mol. The third kappa shape index (κ3) is 2.89. The lowest BCUT2D eigenvalue weighted by molar-refractivity contribution is 0.0832. The van der Waals surface area contributed by atoms with Gasteiger partial charge in [-0.15, -0.1) is 0 Å². The minimum absolute atomic E-state index is 0.416. The van der Waals surface area contributed by atoms with E-state index < -0.39 is 0 Å². The van der Waals surface area contributed by atoms with E-state index >= 15 is 0 Å². The molecule has 0 bridgehead atoms. The van der Waals surface area contributed by atoms with E-state index in [2.05, 4.69) is 35.8 Å². The van der Waals surface area contributed by atoms with E-state index in [1.165, 1.54) is 10.8 Å². The SMILES string of the molecule is CCN1CCN(Cc2c(O)ccc3ccccc23)CC1C. The summed E-state index contributed by atoms with van der Waals surface area (Å²) in [5.74, 6) is 0.416. The Hall–Kier alpha value is -1.58. The number of fused-ring (bicyclic) bond motifs is 1. The number of nitrogens with zero attached hydrogens (tertiary/aromatic N) is 2. The first-order valence-corrected chi connectivity index (χ1v) is 7.85. The normalized spacial score (nSPS) is 21.0. The second kappa shape index (κ2) is 6.04. The highest BCUT2D eigenvalue weighted by molar-refractivity contribution is 5.87. The summed E-state index contributed by atoms with van der Waals surface area (Å²) in [7, 11) is 0. The van der Waals surface area contributed by atoms with E-state index in [4.69, 9.17) is 0 Å². The van der Waals surface area contributed by atoms with E-state index in [1.807, 2.05) is 24.3 Å². The van der Waals surface area contributed by atoms with E-state index in [1.54, 1.807) is 0 Å². The van der Waals surface area contributed by atoms with Crippen LogP contribution in [0.5, 0.6) is 5.75 Å². The van der Waals surface area contributed by atoms with Crippen molar-refractivity contribution in [1.29, 1.82) is 0 Å². The first-order chi connectivity index (χ1) is 10.2. The average molecular weight is 284 g/mol. The van der Waals surface area contributed by atoms with Gasteiger partial charge in [-0.3, -0.25) is 9.80 Å². The molecule has 0 saturated carbocycles. The molecule has 0 radical (unpaired) electrons. The van der Waals surface area contributed by atoms with Crippen molar-refractivity contribution in [3.63, 3.8) is 0 Å². The standard InChI is InChI=1S/C18H24N2O/c1-3-20-11-10-19(12-14(20)2)13-17-16-7-5-4-6-15(16)8-9-18(17)21/h4-9,14,21H,3,10-13H2,1-2H3. The van der Waals surface area contributed by atoms with Crippen molar-refractivity contribution < 1.29 is 5.11 Å². The van der Waals surface area contributed by atoms with Gasteiger partial charge in [-0.1, -0.05) is 37.3 Å². The van der Waals surface area contributed by atoms with Crippen molar-refractivity contribution in [2.45, 2.75) is 26.4 Å². The Morgan fingerprint density at radius 1 is 1.14 bits per heavy atom. The van der Waals surface area contributed by atoms with Gasteiger partial charge in [0, 0.05) is 37.8 Å². The fraction of sp³-hybridized carbons (Fsp3) is 0.444. The Kier molecular flexibility index (Phi) is 4.13. The van der Waals surface area contributed by atoms with Gasteiger partial charge < -0.3 is 5.11 Å². The predicted octanol–water partition coefficient (Wildman–Crippen LogP) is 3.07. The lowest BCUT2D eigenvalue weighted by Crippen LogP contribution is -2.51. The van der Waals surface area contributed by atoms with Crippen LogP contribution in [-0.4, -0.2) is 47.1 Å². The van der Waals surface area contributed by atoms with Crippen LogP contribution in [0.15, 0.2) is 36.4 Å². The van der Waals surface area contributed by atoms with Gasteiger partial charge >= 0.3 is 0 Å². The summed E-state index contributed by atoms with van der Waals surface area (Å²) < 4.78 is 0. The van der Waals surface area contributed by atoms with E-state index in [0.717, 1.165) is 38.3 Å². The van der Waals surface area contributed by atoms with Crippen LogP contribution >= 0.6 is 0 Å². The maximum atomic E-state index is 10.3. The molecular formula is C18H24N2O. The lowest BCUT2D eigenvalue weighted by Gasteiger charge is -2.39. The molecule has 112 valence electrons. The molecule has 1 aliphatic heterocycles. The number of aromatic hydroxyl groups is 1. The van der Waals surface area contributed by atoms with Gasteiger partial charge in [0.1, 0.15) is 5.75 Å². The number of benzene rings is 2. The van der Waals surface area contributed by atoms with Crippen molar-refractivity contribution in [2.24, 2.45) is 0 Å². The molecule has 1 aliphatic rings. The fourth-order valence-corrected chi connectivity index (χ4v) is 3.40. The van der Waals surface area contributed by atoms with Crippen LogP contribution < -0.4 is 0 Å². The highest BCUT2D eigenvalue weighted by Gasteiger charge is 2.23. The van der Waals surface area contributed by atoms with Crippen molar-refractivity contribution in [3.8, 4) is 5.75 Å². The number of rotatable bonds is 3. The molecule has 1 N–H and O–H groups in total. The van der Waals surface area contributed by atoms with Crippen LogP contribution in [0.3, 0.4) is 0 Å². The molecule has 1 heterocycles. The van der Waals surface area contributed by atoms with Crippen molar-refractivity contribution >= 4 is 10.8 Å². The number of hydrogen-bond acceptors (Lipinski definition) is 3. The molecule has 0 spiro atoms. The summed E-state index contributed by atoms with van der Waals surface area (Å²) in [6.45, 7) is 9.71. The molecule has 1 fully saturated rings. The third-order valence-corrected chi connectivity index (χ3v) is 4.65. The summed E-state index contributed by atoms with van der Waals surface area (Å²) in [5, 5.41) is 12.6. The summed E-state index contributed by atoms with van der Waals surface area (Å²) in [4.78, 5) is 4.97. The zero-order chi connectivity index (χ0) is 14.8. The third-order valence-electron chi connectivity index (χ3n) is 4.65. The van der Waals surface area contributed by atoms with Gasteiger partial charge in [-0.05, 0) is 30.3 Å². The van der Waals surface area contributed by atoms with Gasteiger partial charge in [-0.2, -0.15) is 0 Å². The van der Waals surface area contributed by atoms with Crippen molar-refractivity contribution in [3.05, 3.63) is 42.0 Å². The first kappa shape index (κ1) is 14.4. The zero-order valence-electron chi connectivity index (χ0n) is 12.9. The van der Waals surface area contributed by atoms with Crippen LogP contribution in [0.1, 0.15) is 19.4 Å². The van der Waals surface area contributed by atoms with E-state index in [0.29, 0.717) is 11.8 Å². The number of hydrogen-bond donors (Lipinski definition) is 1. The minimum Gasteiger partial charge on any atom is -0.508 e. The Labute approximate surface area is 126 Å². The first-order valence-electron chi connectivity index (χ1n) is 7.85. The number of phenolic OH excluding ortho intramolecular Hbond substituents is 1. The van der Waals surface area contributed by atoms with Gasteiger partial charge in [0.2, 0.25) is 0 Å². The molecule has 3 rings (SSSR count). The molecule has 3 nitrogen and oxygen atoms in total. The van der Waals surface area contributed by atoms with Crippen LogP contribution in [0, 0.1) is 0 Å². The van der Waals surface area contributed by atoms with Crippen molar-refractivity contribution in [1.82, 2.24) is 9.80 Å². The molecule has 21 heavy (non-hydrogen) atoms. The molecule has 2 aromatic carbocycles. The zero-order valence-corrected chi connectivity index (χ0v) is 12.9. The Balaban J connectivity index is 1.84. The van der Waals surface area contributed by atoms with Gasteiger partial charge in [0.25, 0.3) is 0 Å². The molecule has 1 atom stereocenters. The highest BCUT2D eigenvalue weighted by atomic mass is 16.3. The average Bonchev–Trinajstić information content (AvgIpc) is 2.50. The van der Waals surface area contributed by atoms with Gasteiger partial charge in [0.15, 0.2) is 0 Å². The molecule has 1 saturated heterocycles. The molecule has 2 aromatic rings. The number of likely N-dealkylation sites (N-methyl/N-ethyl adjacent to an activating group) is 1. The maximum absolute atomic E-state index is 10.3. The van der Waals surface area contributed by atoms with Crippen LogP contribution in [0.25, 0.3) is 10.8 Å². The molecule has 3 heteroatoms. The maximum Gasteiger partial charge on any atom is 0.120 e. The van der Waals surface area contributed by atoms with E-state index in [9.17, 15) is 5.11 Å². The topological polar surface area (TPSA) is 26.7 Å². The second-order valence-electron chi connectivity index (χ2n) is 6.00. The monoisotopic (exact) mass is 284 g/mol. The molecule has 0 aliphatic carbocycles. The van der Waals surface area contributed by atoms with Gasteiger partial charge in [-0.25, -0.2) is 0 Å². The number of piperazine rings is 1. The largest absolute Gasteiger partial charge is 0.508 e. The quantitative estimate of drug-likeness (QED) is 0.938. The van der Waals surface area contributed by atoms with Gasteiger partial charge in [0.05, 0.1) is 0 Å². The molecule has 1 unspecified atom stereocenters. The smallest absolute Gasteiger partial charge is 0.120 e. The highest BCUT2D eigenvalue weighted by Crippen LogP contribution is 2.28. The summed E-state index contributed by atoms with van der Waals surface area (Å²) in [6, 6.07) is 12.7. The summed E-state index contributed by atoms with van der Waals surface area (Å²) >= 11 is 0. The van der Waals surface area contributed by atoms with Crippen molar-refractivity contribution in [2.75, 3.05) is 26.2 Å². The summed E-state index contributed by atoms with van der Waals surface area (Å²) in [6.07, 6.45) is 0. The summed E-state index contributed by atoms with van der Waals surface area (Å²) in [5.41, 5.74) is 1.06.